The van der Waals surface area contributed by atoms with Crippen LogP contribution in [0, 0.1) is 10.5 Å². The summed E-state index contributed by atoms with van der Waals surface area (Å²) in [6.45, 7) is 0.818. The van der Waals surface area contributed by atoms with E-state index in [4.69, 9.17) is 4.74 Å². The molecule has 6 nitrogen and oxygen atoms in total. The normalized spacial score (nSPS) is 19.1. The molecule has 0 saturated heterocycles. The first-order chi connectivity index (χ1) is 12.0. The van der Waals surface area contributed by atoms with E-state index in [1.54, 1.807) is 0 Å². The maximum absolute atomic E-state index is 12.7. The van der Waals surface area contributed by atoms with E-state index in [0.717, 1.165) is 13.3 Å². The Hall–Kier alpha value is -1.05. The standard InChI is InChI=1S/C13H17F6O6S2/c1-8(25-11(20)9-5-3-2-4-6-9)7-10(26(21,22)12(14,15)16)27(23,24)13(17,18)19/h8-9H,2-7H2,1H3/q-1. The first-order valence-electron chi connectivity index (χ1n) is 7.71. The lowest BCUT2D eigenvalue weighted by Gasteiger charge is -2.33. The highest BCUT2D eigenvalue weighted by molar-refractivity contribution is 8.13. The number of carbonyl (C=O) groups excluding carboxylic acids is 1. The predicted molar refractivity (Wildman–Crippen MR) is 79.9 cm³/mol. The molecule has 160 valence electrons. The molecular weight excluding hydrogens is 430 g/mol. The Morgan fingerprint density at radius 3 is 1.74 bits per heavy atom. The zero-order valence-corrected chi connectivity index (χ0v) is 15.6. The molecule has 27 heavy (non-hydrogen) atoms. The number of alkyl halides is 6. The van der Waals surface area contributed by atoms with Crippen LogP contribution in [-0.2, 0) is 29.2 Å². The van der Waals surface area contributed by atoms with Crippen molar-refractivity contribution in [3.05, 3.63) is 4.58 Å². The lowest BCUT2D eigenvalue weighted by Crippen LogP contribution is -2.41. The monoisotopic (exact) mass is 447 g/mol. The van der Waals surface area contributed by atoms with Gasteiger partial charge >= 0.3 is 17.0 Å². The summed E-state index contributed by atoms with van der Waals surface area (Å²) in [7, 11) is -13.6. The molecule has 1 aliphatic rings. The van der Waals surface area contributed by atoms with Crippen molar-refractivity contribution in [2.24, 2.45) is 5.92 Å². The van der Waals surface area contributed by atoms with Crippen molar-refractivity contribution in [3.8, 4) is 0 Å². The number of halogens is 6. The van der Waals surface area contributed by atoms with Crippen molar-refractivity contribution in [1.82, 2.24) is 0 Å². The summed E-state index contributed by atoms with van der Waals surface area (Å²) in [4.78, 5) is 11.9. The van der Waals surface area contributed by atoms with Gasteiger partial charge in [-0.15, -0.1) is 6.42 Å². The SMILES string of the molecule is CC(C[C-](S(=O)(=O)C(F)(F)F)S(=O)(=O)C(F)(F)F)OC(=O)C1CCCCC1. The molecule has 0 radical (unpaired) electrons. The number of hydrogen-bond acceptors (Lipinski definition) is 6. The third-order valence-electron chi connectivity index (χ3n) is 3.92. The van der Waals surface area contributed by atoms with Gasteiger partial charge in [0.1, 0.15) is 19.7 Å². The van der Waals surface area contributed by atoms with Gasteiger partial charge in [0.05, 0.1) is 12.0 Å². The van der Waals surface area contributed by atoms with Crippen LogP contribution in [0.4, 0.5) is 26.3 Å². The third-order valence-corrected chi connectivity index (χ3v) is 7.99. The molecule has 1 aliphatic carbocycles. The minimum Gasteiger partial charge on any atom is -0.465 e. The van der Waals surface area contributed by atoms with Crippen molar-refractivity contribution in [2.45, 2.75) is 62.6 Å². The summed E-state index contributed by atoms with van der Waals surface area (Å²) in [5.41, 5.74) is -12.5. The molecule has 0 N–H and O–H groups in total. The average Bonchev–Trinajstić information content (AvgIpc) is 2.50. The van der Waals surface area contributed by atoms with E-state index in [-0.39, 0.29) is 0 Å². The predicted octanol–water partition coefficient (Wildman–Crippen LogP) is 3.25. The van der Waals surface area contributed by atoms with Crippen LogP contribution in [0.1, 0.15) is 45.4 Å². The lowest BCUT2D eigenvalue weighted by atomic mass is 9.89. The zero-order chi connectivity index (χ0) is 21.3. The Bertz CT molecular complexity index is 690. The van der Waals surface area contributed by atoms with Gasteiger partial charge in [0.2, 0.25) is 0 Å². The minimum absolute atomic E-state index is 0.407. The second-order valence-corrected chi connectivity index (χ2v) is 10.2. The number of hydrogen-bond donors (Lipinski definition) is 0. The van der Waals surface area contributed by atoms with Crippen molar-refractivity contribution >= 4 is 25.6 Å². The summed E-state index contributed by atoms with van der Waals surface area (Å²) in [5.74, 6) is -1.54. The molecule has 1 atom stereocenters. The molecule has 1 fully saturated rings. The Kier molecular flexibility index (Phi) is 7.23. The van der Waals surface area contributed by atoms with Gasteiger partial charge in [-0.1, -0.05) is 23.8 Å². The summed E-state index contributed by atoms with van der Waals surface area (Å²) >= 11 is 0. The molecule has 1 saturated carbocycles. The minimum atomic E-state index is -6.82. The summed E-state index contributed by atoms with van der Waals surface area (Å²) < 4.78 is 123. The summed E-state index contributed by atoms with van der Waals surface area (Å²) in [5, 5.41) is 0. The van der Waals surface area contributed by atoms with Crippen molar-refractivity contribution in [1.29, 1.82) is 0 Å². The van der Waals surface area contributed by atoms with Crippen LogP contribution >= 0.6 is 0 Å². The maximum Gasteiger partial charge on any atom is 0.469 e. The fourth-order valence-corrected chi connectivity index (χ4v) is 5.68. The fourth-order valence-electron chi connectivity index (χ4n) is 2.53. The van der Waals surface area contributed by atoms with E-state index in [1.807, 2.05) is 0 Å². The van der Waals surface area contributed by atoms with E-state index in [1.165, 1.54) is 0 Å². The number of carbonyl (C=O) groups is 1. The lowest BCUT2D eigenvalue weighted by molar-refractivity contribution is -0.154. The van der Waals surface area contributed by atoms with Gasteiger partial charge in [-0.05, 0) is 19.8 Å². The first-order valence-corrected chi connectivity index (χ1v) is 10.7. The van der Waals surface area contributed by atoms with Gasteiger partial charge in [0.25, 0.3) is 0 Å². The van der Waals surface area contributed by atoms with Crippen LogP contribution in [-0.4, -0.2) is 39.9 Å². The third kappa shape index (κ3) is 5.48. The van der Waals surface area contributed by atoms with Crippen LogP contribution in [0.3, 0.4) is 0 Å². The molecule has 0 aromatic heterocycles. The van der Waals surface area contributed by atoms with E-state index in [2.05, 4.69) is 0 Å². The van der Waals surface area contributed by atoms with Gasteiger partial charge < -0.3 is 4.74 Å². The van der Waals surface area contributed by atoms with Crippen LogP contribution in [0.15, 0.2) is 0 Å². The van der Waals surface area contributed by atoms with Gasteiger partial charge in [-0.3, -0.25) is 21.6 Å². The molecule has 14 heteroatoms. The largest absolute Gasteiger partial charge is 0.469 e. The van der Waals surface area contributed by atoms with E-state index in [0.29, 0.717) is 25.7 Å². The number of sulfone groups is 2. The quantitative estimate of drug-likeness (QED) is 0.353. The van der Waals surface area contributed by atoms with Crippen molar-refractivity contribution in [3.63, 3.8) is 0 Å². The zero-order valence-electron chi connectivity index (χ0n) is 13.9. The van der Waals surface area contributed by atoms with E-state index < -0.39 is 59.7 Å². The average molecular weight is 447 g/mol. The van der Waals surface area contributed by atoms with Crippen LogP contribution < -0.4 is 0 Å². The van der Waals surface area contributed by atoms with Gasteiger partial charge in [0, 0.05) is 0 Å². The first kappa shape index (κ1) is 24.0. The molecule has 1 unspecified atom stereocenters. The van der Waals surface area contributed by atoms with Gasteiger partial charge in [0.15, 0.2) is 0 Å². The molecule has 0 amide bonds. The molecule has 0 bridgehead atoms. The van der Waals surface area contributed by atoms with Gasteiger partial charge in [-0.2, -0.15) is 26.3 Å². The molecular formula is C13H17F6O6S2-. The molecule has 0 aromatic carbocycles. The summed E-state index contributed by atoms with van der Waals surface area (Å²) in [6.07, 6.45) is -0.586. The second-order valence-electron chi connectivity index (χ2n) is 6.06. The van der Waals surface area contributed by atoms with Crippen LogP contribution in [0.2, 0.25) is 0 Å². The maximum atomic E-state index is 12.7. The molecule has 1 rings (SSSR count). The second kappa shape index (κ2) is 8.13. The highest BCUT2D eigenvalue weighted by atomic mass is 32.3. The van der Waals surface area contributed by atoms with E-state index in [9.17, 15) is 48.0 Å². The molecule has 0 spiro atoms. The smallest absolute Gasteiger partial charge is 0.465 e. The highest BCUT2D eigenvalue weighted by Gasteiger charge is 2.54. The number of esters is 1. The molecule has 0 heterocycles. The van der Waals surface area contributed by atoms with Crippen molar-refractivity contribution in [2.75, 3.05) is 0 Å². The summed E-state index contributed by atoms with van der Waals surface area (Å²) in [6, 6.07) is 0. The Labute approximate surface area is 152 Å². The number of rotatable bonds is 6. The highest BCUT2D eigenvalue weighted by Crippen LogP contribution is 2.43. The topological polar surface area (TPSA) is 94.6 Å². The number of ether oxygens (including phenoxy) is 1. The van der Waals surface area contributed by atoms with Crippen molar-refractivity contribution < 1.29 is 52.7 Å². The fraction of sp³-hybridized carbons (Fsp3) is 0.846. The van der Waals surface area contributed by atoms with E-state index >= 15 is 0 Å². The van der Waals surface area contributed by atoms with Gasteiger partial charge in [-0.25, -0.2) is 0 Å². The molecule has 0 aliphatic heterocycles. The Balaban J connectivity index is 3.09. The van der Waals surface area contributed by atoms with Crippen LogP contribution in [0.25, 0.3) is 0 Å². The Morgan fingerprint density at radius 1 is 0.963 bits per heavy atom. The Morgan fingerprint density at radius 2 is 1.37 bits per heavy atom. The van der Waals surface area contributed by atoms with Crippen LogP contribution in [0.5, 0.6) is 0 Å². The molecule has 0 aromatic rings.